The number of aromatic nitrogens is 2. The third kappa shape index (κ3) is 3.72. The number of rotatable bonds is 1. The van der Waals surface area contributed by atoms with Crippen LogP contribution in [0.1, 0.15) is 18.1 Å². The lowest BCUT2D eigenvalue weighted by atomic mass is 10.2. The minimum absolute atomic E-state index is 0.0790. The van der Waals surface area contributed by atoms with Gasteiger partial charge in [0.05, 0.1) is 5.56 Å². The highest BCUT2D eigenvalue weighted by Gasteiger charge is 1.97. The molecule has 0 saturated carbocycles. The van der Waals surface area contributed by atoms with Crippen molar-refractivity contribution in [3.8, 4) is 11.8 Å². The Bertz CT molecular complexity index is 597. The van der Waals surface area contributed by atoms with Crippen LogP contribution in [-0.4, -0.2) is 15.1 Å². The topological polar surface area (TPSA) is 42.9 Å². The first-order valence-corrected chi connectivity index (χ1v) is 6.11. The van der Waals surface area contributed by atoms with Gasteiger partial charge in [-0.1, -0.05) is 23.6 Å². The predicted molar refractivity (Wildman–Crippen MR) is 71.0 cm³/mol. The van der Waals surface area contributed by atoms with E-state index in [9.17, 15) is 4.79 Å². The first-order valence-electron chi connectivity index (χ1n) is 5.29. The minimum Gasteiger partial charge on any atom is -0.287 e. The summed E-state index contributed by atoms with van der Waals surface area (Å²) in [6.07, 6.45) is 4.80. The second kappa shape index (κ2) is 5.99. The van der Waals surface area contributed by atoms with Gasteiger partial charge in [-0.05, 0) is 24.3 Å². The minimum atomic E-state index is 0.0790. The average Bonchev–Trinajstić information content (AvgIpc) is 2.38. The van der Waals surface area contributed by atoms with Gasteiger partial charge in [0.15, 0.2) is 5.12 Å². The molecule has 0 aliphatic heterocycles. The van der Waals surface area contributed by atoms with Gasteiger partial charge in [0, 0.05) is 29.8 Å². The van der Waals surface area contributed by atoms with Crippen LogP contribution < -0.4 is 0 Å². The lowest BCUT2D eigenvalue weighted by Crippen LogP contribution is -1.82. The summed E-state index contributed by atoms with van der Waals surface area (Å²) >= 11 is 1.21. The molecule has 0 unspecified atom stereocenters. The van der Waals surface area contributed by atoms with Crippen molar-refractivity contribution in [1.29, 1.82) is 0 Å². The molecule has 0 aliphatic rings. The van der Waals surface area contributed by atoms with E-state index in [4.69, 9.17) is 0 Å². The van der Waals surface area contributed by atoms with Gasteiger partial charge in [0.1, 0.15) is 6.33 Å². The number of thioether (sulfide) groups is 1. The summed E-state index contributed by atoms with van der Waals surface area (Å²) < 4.78 is 0. The van der Waals surface area contributed by atoms with E-state index in [0.29, 0.717) is 0 Å². The Morgan fingerprint density at radius 3 is 2.28 bits per heavy atom. The molecule has 4 heteroatoms. The molecule has 1 heterocycles. The van der Waals surface area contributed by atoms with E-state index in [1.807, 2.05) is 24.3 Å². The Labute approximate surface area is 110 Å². The number of nitrogens with zero attached hydrogens (tertiary/aromatic N) is 2. The lowest BCUT2D eigenvalue weighted by molar-refractivity contribution is -0.109. The van der Waals surface area contributed by atoms with Gasteiger partial charge in [0.25, 0.3) is 0 Å². The molecule has 0 aliphatic carbocycles. The van der Waals surface area contributed by atoms with Crippen molar-refractivity contribution in [1.82, 2.24) is 9.97 Å². The van der Waals surface area contributed by atoms with Gasteiger partial charge in [-0.2, -0.15) is 0 Å². The lowest BCUT2D eigenvalue weighted by Gasteiger charge is -1.96. The van der Waals surface area contributed by atoms with E-state index in [-0.39, 0.29) is 5.12 Å². The molecule has 0 atom stereocenters. The molecule has 3 nitrogen and oxygen atoms in total. The molecule has 18 heavy (non-hydrogen) atoms. The Balaban J connectivity index is 2.12. The van der Waals surface area contributed by atoms with Gasteiger partial charge in [0.2, 0.25) is 0 Å². The number of benzene rings is 1. The molecule has 2 aromatic rings. The maximum Gasteiger partial charge on any atom is 0.190 e. The Morgan fingerprint density at radius 2 is 1.67 bits per heavy atom. The zero-order chi connectivity index (χ0) is 12.8. The van der Waals surface area contributed by atoms with Crippen molar-refractivity contribution in [2.45, 2.75) is 11.8 Å². The highest BCUT2D eigenvalue weighted by Crippen LogP contribution is 2.18. The fraction of sp³-hybridized carbons (Fsp3) is 0.0714. The average molecular weight is 254 g/mol. The van der Waals surface area contributed by atoms with E-state index >= 15 is 0 Å². The van der Waals surface area contributed by atoms with Crippen molar-refractivity contribution < 1.29 is 4.79 Å². The van der Waals surface area contributed by atoms with Crippen molar-refractivity contribution in [3.63, 3.8) is 0 Å². The third-order valence-electron chi connectivity index (χ3n) is 2.03. The van der Waals surface area contributed by atoms with E-state index in [1.165, 1.54) is 18.1 Å². The number of hydrogen-bond acceptors (Lipinski definition) is 4. The third-order valence-corrected chi connectivity index (χ3v) is 2.82. The zero-order valence-corrected chi connectivity index (χ0v) is 10.6. The van der Waals surface area contributed by atoms with Gasteiger partial charge in [-0.25, -0.2) is 9.97 Å². The Morgan fingerprint density at radius 1 is 1.06 bits per heavy atom. The number of hydrogen-bond donors (Lipinski definition) is 0. The van der Waals surface area contributed by atoms with E-state index < -0.39 is 0 Å². The van der Waals surface area contributed by atoms with E-state index in [2.05, 4.69) is 21.8 Å². The highest BCUT2D eigenvalue weighted by atomic mass is 32.2. The summed E-state index contributed by atoms with van der Waals surface area (Å²) in [5.41, 5.74) is 1.67. The predicted octanol–water partition coefficient (Wildman–Crippen LogP) is 2.52. The second-order valence-electron chi connectivity index (χ2n) is 3.50. The molecule has 0 saturated heterocycles. The molecule has 1 aromatic heterocycles. The molecule has 2 rings (SSSR count). The Kier molecular flexibility index (Phi) is 4.11. The number of carbonyl (C=O) groups excluding carboxylic acids is 1. The van der Waals surface area contributed by atoms with Gasteiger partial charge >= 0.3 is 0 Å². The van der Waals surface area contributed by atoms with E-state index in [0.717, 1.165) is 16.0 Å². The van der Waals surface area contributed by atoms with Crippen LogP contribution in [0.3, 0.4) is 0 Å². The van der Waals surface area contributed by atoms with Crippen LogP contribution in [0.2, 0.25) is 0 Å². The van der Waals surface area contributed by atoms with Crippen LogP contribution in [0.4, 0.5) is 0 Å². The zero-order valence-electron chi connectivity index (χ0n) is 9.75. The molecule has 0 N–H and O–H groups in total. The molecular weight excluding hydrogens is 244 g/mol. The Hall–Kier alpha value is -2.12. The van der Waals surface area contributed by atoms with Crippen LogP contribution in [0.15, 0.2) is 47.9 Å². The monoisotopic (exact) mass is 254 g/mol. The largest absolute Gasteiger partial charge is 0.287 e. The van der Waals surface area contributed by atoms with Gasteiger partial charge in [-0.15, -0.1) is 0 Å². The highest BCUT2D eigenvalue weighted by molar-refractivity contribution is 8.13. The molecule has 0 bridgehead atoms. The molecule has 88 valence electrons. The summed E-state index contributed by atoms with van der Waals surface area (Å²) in [5, 5.41) is 0.0790. The van der Waals surface area contributed by atoms with Crippen molar-refractivity contribution in [2.75, 3.05) is 0 Å². The number of carbonyl (C=O) groups is 1. The van der Waals surface area contributed by atoms with Crippen LogP contribution in [0.5, 0.6) is 0 Å². The van der Waals surface area contributed by atoms with Crippen LogP contribution in [-0.2, 0) is 4.79 Å². The molecule has 0 spiro atoms. The first-order chi connectivity index (χ1) is 8.74. The molecule has 0 radical (unpaired) electrons. The van der Waals surface area contributed by atoms with E-state index in [1.54, 1.807) is 19.3 Å². The SMILES string of the molecule is CC(=O)Sc1ccc(C#Cc2cncnc2)cc1. The molecular formula is C14H10N2OS. The summed E-state index contributed by atoms with van der Waals surface area (Å²) in [5.74, 6) is 5.99. The smallest absolute Gasteiger partial charge is 0.190 e. The maximum absolute atomic E-state index is 10.9. The quantitative estimate of drug-likeness (QED) is 0.579. The van der Waals surface area contributed by atoms with Gasteiger partial charge in [-0.3, -0.25) is 4.79 Å². The van der Waals surface area contributed by atoms with Crippen molar-refractivity contribution in [2.24, 2.45) is 0 Å². The van der Waals surface area contributed by atoms with Crippen LogP contribution in [0, 0.1) is 11.8 Å². The first kappa shape index (κ1) is 12.3. The fourth-order valence-electron chi connectivity index (χ4n) is 1.28. The molecule has 1 aromatic carbocycles. The molecule has 0 amide bonds. The van der Waals surface area contributed by atoms with Crippen molar-refractivity contribution >= 4 is 16.9 Å². The fourth-order valence-corrected chi connectivity index (χ4v) is 1.88. The molecule has 0 fully saturated rings. The van der Waals surface area contributed by atoms with Crippen molar-refractivity contribution in [3.05, 3.63) is 54.1 Å². The second-order valence-corrected chi connectivity index (χ2v) is 4.75. The normalized spacial score (nSPS) is 9.39. The maximum atomic E-state index is 10.9. The van der Waals surface area contributed by atoms with Crippen LogP contribution in [0.25, 0.3) is 0 Å². The summed E-state index contributed by atoms with van der Waals surface area (Å²) in [4.78, 5) is 19.6. The summed E-state index contributed by atoms with van der Waals surface area (Å²) in [7, 11) is 0. The summed E-state index contributed by atoms with van der Waals surface area (Å²) in [6, 6.07) is 7.55. The van der Waals surface area contributed by atoms with Crippen LogP contribution >= 0.6 is 11.8 Å². The summed E-state index contributed by atoms with van der Waals surface area (Å²) in [6.45, 7) is 1.55. The van der Waals surface area contributed by atoms with Gasteiger partial charge < -0.3 is 0 Å². The standard InChI is InChI=1S/C14H10N2OS/c1-11(17)18-14-6-4-12(5-7-14)2-3-13-8-15-10-16-9-13/h4-10H,1H3.